The lowest BCUT2D eigenvalue weighted by atomic mass is 10.3. The Kier molecular flexibility index (Phi) is 2.62. The molecule has 1 aromatic carbocycles. The van der Waals surface area contributed by atoms with Crippen LogP contribution in [0.25, 0.3) is 0 Å². The Morgan fingerprint density at radius 2 is 2.18 bits per heavy atom. The van der Waals surface area contributed by atoms with Crippen LogP contribution in [0.3, 0.4) is 0 Å². The van der Waals surface area contributed by atoms with Crippen molar-refractivity contribution in [3.63, 3.8) is 0 Å². The minimum Gasteiger partial charge on any atom is -0.505 e. The zero-order valence-electron chi connectivity index (χ0n) is 5.77. The van der Waals surface area contributed by atoms with Gasteiger partial charge >= 0.3 is 0 Å². The van der Waals surface area contributed by atoms with E-state index in [1.807, 2.05) is 0 Å². The molecule has 0 saturated carbocycles. The molecule has 0 aliphatic heterocycles. The van der Waals surface area contributed by atoms with Gasteiger partial charge in [0.05, 0.1) is 0 Å². The van der Waals surface area contributed by atoms with Crippen molar-refractivity contribution in [2.24, 2.45) is 0 Å². The molecule has 0 heterocycles. The summed E-state index contributed by atoms with van der Waals surface area (Å²) in [5.74, 6) is -1.01. The molecule has 0 saturated heterocycles. The van der Waals surface area contributed by atoms with Gasteiger partial charge in [-0.1, -0.05) is 11.6 Å². The second kappa shape index (κ2) is 3.32. The van der Waals surface area contributed by atoms with E-state index in [0.29, 0.717) is 9.92 Å². The lowest BCUT2D eigenvalue weighted by Crippen LogP contribution is -1.81. The minimum atomic E-state index is -0.609. The van der Waals surface area contributed by atoms with Crippen molar-refractivity contribution in [1.29, 1.82) is 0 Å². The number of halogens is 2. The molecule has 60 valence electrons. The van der Waals surface area contributed by atoms with Gasteiger partial charge in [0.15, 0.2) is 11.6 Å². The molecule has 11 heavy (non-hydrogen) atoms. The third-order valence-electron chi connectivity index (χ3n) is 1.20. The second-order valence-electron chi connectivity index (χ2n) is 1.94. The highest BCUT2D eigenvalue weighted by atomic mass is 35.5. The lowest BCUT2D eigenvalue weighted by molar-refractivity contribution is 0.425. The SMILES string of the molecule is CSc1cc(Cl)cc(O)c1F. The van der Waals surface area contributed by atoms with E-state index in [4.69, 9.17) is 16.7 Å². The van der Waals surface area contributed by atoms with E-state index in [2.05, 4.69) is 0 Å². The van der Waals surface area contributed by atoms with Crippen molar-refractivity contribution in [2.75, 3.05) is 6.26 Å². The fraction of sp³-hybridized carbons (Fsp3) is 0.143. The number of rotatable bonds is 1. The Balaban J connectivity index is 3.24. The van der Waals surface area contributed by atoms with E-state index >= 15 is 0 Å². The van der Waals surface area contributed by atoms with Gasteiger partial charge in [-0.15, -0.1) is 11.8 Å². The van der Waals surface area contributed by atoms with Crippen LogP contribution in [0.2, 0.25) is 5.02 Å². The highest BCUT2D eigenvalue weighted by Crippen LogP contribution is 2.29. The quantitative estimate of drug-likeness (QED) is 0.691. The van der Waals surface area contributed by atoms with Gasteiger partial charge in [-0.05, 0) is 12.3 Å². The number of phenolic OH excluding ortho intramolecular Hbond substituents is 1. The van der Waals surface area contributed by atoms with Gasteiger partial charge in [0.25, 0.3) is 0 Å². The zero-order chi connectivity index (χ0) is 8.43. The molecule has 0 atom stereocenters. The van der Waals surface area contributed by atoms with Gasteiger partial charge in [0.2, 0.25) is 0 Å². The first kappa shape index (κ1) is 8.68. The highest BCUT2D eigenvalue weighted by Gasteiger charge is 2.07. The van der Waals surface area contributed by atoms with Crippen molar-refractivity contribution in [1.82, 2.24) is 0 Å². The van der Waals surface area contributed by atoms with Crippen molar-refractivity contribution in [2.45, 2.75) is 4.90 Å². The summed E-state index contributed by atoms with van der Waals surface area (Å²) >= 11 is 6.77. The largest absolute Gasteiger partial charge is 0.505 e. The number of hydrogen-bond acceptors (Lipinski definition) is 2. The van der Waals surface area contributed by atoms with Gasteiger partial charge in [-0.2, -0.15) is 0 Å². The van der Waals surface area contributed by atoms with E-state index in [9.17, 15) is 4.39 Å². The van der Waals surface area contributed by atoms with Crippen molar-refractivity contribution >= 4 is 23.4 Å². The van der Waals surface area contributed by atoms with E-state index in [0.717, 1.165) is 0 Å². The molecule has 1 rings (SSSR count). The Morgan fingerprint density at radius 1 is 1.55 bits per heavy atom. The first-order valence-electron chi connectivity index (χ1n) is 2.87. The summed E-state index contributed by atoms with van der Waals surface area (Å²) in [6, 6.07) is 2.65. The molecule has 4 heteroatoms. The molecule has 1 aromatic rings. The van der Waals surface area contributed by atoms with Crippen LogP contribution < -0.4 is 0 Å². The highest BCUT2D eigenvalue weighted by molar-refractivity contribution is 7.98. The summed E-state index contributed by atoms with van der Waals surface area (Å²) in [6.45, 7) is 0. The van der Waals surface area contributed by atoms with Crippen LogP contribution in [0.4, 0.5) is 4.39 Å². The number of benzene rings is 1. The third kappa shape index (κ3) is 1.79. The van der Waals surface area contributed by atoms with E-state index in [1.54, 1.807) is 6.26 Å². The van der Waals surface area contributed by atoms with Crippen LogP contribution in [-0.4, -0.2) is 11.4 Å². The molecule has 0 unspecified atom stereocenters. The molecule has 0 bridgehead atoms. The Bertz CT molecular complexity index is 277. The van der Waals surface area contributed by atoms with Gasteiger partial charge in [0.1, 0.15) is 0 Å². The summed E-state index contributed by atoms with van der Waals surface area (Å²) < 4.78 is 12.9. The van der Waals surface area contributed by atoms with E-state index < -0.39 is 11.6 Å². The van der Waals surface area contributed by atoms with Crippen LogP contribution >= 0.6 is 23.4 Å². The number of hydrogen-bond donors (Lipinski definition) is 1. The molecular weight excluding hydrogens is 187 g/mol. The second-order valence-corrected chi connectivity index (χ2v) is 3.23. The van der Waals surface area contributed by atoms with Crippen LogP contribution in [-0.2, 0) is 0 Å². The molecule has 0 radical (unpaired) electrons. The van der Waals surface area contributed by atoms with Crippen LogP contribution in [0.1, 0.15) is 0 Å². The van der Waals surface area contributed by atoms with Gasteiger partial charge in [0, 0.05) is 16.0 Å². The Hall–Kier alpha value is -0.410. The number of phenols is 1. The predicted molar refractivity (Wildman–Crippen MR) is 44.9 cm³/mol. The maximum Gasteiger partial charge on any atom is 0.178 e. The molecule has 0 fully saturated rings. The summed E-state index contributed by atoms with van der Waals surface area (Å²) in [6.07, 6.45) is 1.72. The average molecular weight is 193 g/mol. The first-order valence-corrected chi connectivity index (χ1v) is 4.47. The summed E-state index contributed by atoms with van der Waals surface area (Å²) in [4.78, 5) is 0.356. The fourth-order valence-corrected chi connectivity index (χ4v) is 1.50. The minimum absolute atomic E-state index is 0.341. The van der Waals surface area contributed by atoms with Gasteiger partial charge < -0.3 is 5.11 Å². The van der Waals surface area contributed by atoms with E-state index in [-0.39, 0.29) is 0 Å². The number of thioether (sulfide) groups is 1. The lowest BCUT2D eigenvalue weighted by Gasteiger charge is -2.01. The van der Waals surface area contributed by atoms with Crippen molar-refractivity contribution in [3.8, 4) is 5.75 Å². The smallest absolute Gasteiger partial charge is 0.178 e. The topological polar surface area (TPSA) is 20.2 Å². The molecular formula is C7H6ClFOS. The Labute approximate surface area is 73.2 Å². The fourth-order valence-electron chi connectivity index (χ4n) is 0.699. The zero-order valence-corrected chi connectivity index (χ0v) is 7.34. The molecule has 0 spiro atoms. The van der Waals surface area contributed by atoms with Crippen LogP contribution in [0.5, 0.6) is 5.75 Å². The summed E-state index contributed by atoms with van der Waals surface area (Å²) in [7, 11) is 0. The third-order valence-corrected chi connectivity index (χ3v) is 2.16. The maximum absolute atomic E-state index is 12.9. The molecule has 1 nitrogen and oxygen atoms in total. The summed E-state index contributed by atoms with van der Waals surface area (Å²) in [5.41, 5.74) is 0. The normalized spacial score (nSPS) is 10.1. The van der Waals surface area contributed by atoms with Crippen molar-refractivity contribution in [3.05, 3.63) is 23.0 Å². The monoisotopic (exact) mass is 192 g/mol. The number of aromatic hydroxyl groups is 1. The molecule has 1 N–H and O–H groups in total. The van der Waals surface area contributed by atoms with Crippen LogP contribution in [0, 0.1) is 5.82 Å². The standard InChI is InChI=1S/C7H6ClFOS/c1-11-6-3-4(8)2-5(10)7(6)9/h2-3,10H,1H3. The summed E-state index contributed by atoms with van der Waals surface area (Å²) in [5, 5.41) is 9.28. The predicted octanol–water partition coefficient (Wildman–Crippen LogP) is 2.91. The maximum atomic E-state index is 12.9. The molecule has 0 aliphatic carbocycles. The van der Waals surface area contributed by atoms with E-state index in [1.165, 1.54) is 23.9 Å². The van der Waals surface area contributed by atoms with Gasteiger partial charge in [-0.3, -0.25) is 0 Å². The molecule has 0 aromatic heterocycles. The van der Waals surface area contributed by atoms with Crippen molar-refractivity contribution < 1.29 is 9.50 Å². The molecule has 0 aliphatic rings. The van der Waals surface area contributed by atoms with Gasteiger partial charge in [-0.25, -0.2) is 4.39 Å². The average Bonchev–Trinajstić information content (AvgIpc) is 1.96. The Morgan fingerprint density at radius 3 is 2.73 bits per heavy atom. The molecule has 0 amide bonds. The first-order chi connectivity index (χ1) is 5.15. The van der Waals surface area contributed by atoms with Crippen LogP contribution in [0.15, 0.2) is 17.0 Å².